The molecule has 0 aliphatic carbocycles. The molecule has 0 saturated carbocycles. The zero-order valence-corrected chi connectivity index (χ0v) is 22.0. The predicted octanol–water partition coefficient (Wildman–Crippen LogP) is 7.09. The van der Waals surface area contributed by atoms with Crippen LogP contribution < -0.4 is 9.47 Å². The Balaban J connectivity index is 1.71. The van der Waals surface area contributed by atoms with Crippen LogP contribution in [0.1, 0.15) is 21.5 Å². The minimum atomic E-state index is -0.695. The van der Waals surface area contributed by atoms with Gasteiger partial charge >= 0.3 is 11.9 Å². The van der Waals surface area contributed by atoms with Crippen LogP contribution in [0.15, 0.2) is 74.2 Å². The average Bonchev–Trinajstić information content (AvgIpc) is 3.16. The Hall–Kier alpha value is -2.65. The molecule has 3 aromatic carbocycles. The second-order valence-corrected chi connectivity index (χ2v) is 9.50. The Kier molecular flexibility index (Phi) is 7.42. The summed E-state index contributed by atoms with van der Waals surface area (Å²) in [6.45, 7) is 0. The van der Waals surface area contributed by atoms with E-state index in [0.29, 0.717) is 30.8 Å². The lowest BCUT2D eigenvalue weighted by Gasteiger charge is -2.12. The molecule has 1 aliphatic heterocycles. The maximum absolute atomic E-state index is 12.8. The monoisotopic (exact) mass is 623 g/mol. The smallest absolute Gasteiger partial charge is 0.363 e. The number of nitrogens with zero attached hydrogens (tertiary/aromatic N) is 1. The quantitative estimate of drug-likeness (QED) is 0.172. The number of aliphatic imine (C=N–C) groups is 1. The van der Waals surface area contributed by atoms with E-state index in [-0.39, 0.29) is 27.9 Å². The second-order valence-electron chi connectivity index (χ2n) is 6.89. The molecule has 10 heteroatoms. The Labute approximate surface area is 221 Å². The van der Waals surface area contributed by atoms with Gasteiger partial charge in [-0.3, -0.25) is 0 Å². The van der Waals surface area contributed by atoms with E-state index in [4.69, 9.17) is 37.4 Å². The van der Waals surface area contributed by atoms with Crippen LogP contribution in [0.3, 0.4) is 0 Å². The number of halogens is 4. The van der Waals surface area contributed by atoms with Crippen molar-refractivity contribution in [3.05, 3.63) is 96.0 Å². The minimum Gasteiger partial charge on any atom is -0.497 e. The predicted molar refractivity (Wildman–Crippen MR) is 137 cm³/mol. The van der Waals surface area contributed by atoms with Gasteiger partial charge in [-0.05, 0) is 70.5 Å². The molecule has 6 nitrogen and oxygen atoms in total. The van der Waals surface area contributed by atoms with Crippen molar-refractivity contribution >= 4 is 79.0 Å². The molecule has 0 bridgehead atoms. The van der Waals surface area contributed by atoms with Gasteiger partial charge in [0.1, 0.15) is 5.75 Å². The molecule has 0 N–H and O–H groups in total. The Morgan fingerprint density at radius 3 is 2.62 bits per heavy atom. The lowest BCUT2D eigenvalue weighted by molar-refractivity contribution is -0.129. The molecule has 0 atom stereocenters. The highest BCUT2D eigenvalue weighted by Gasteiger charge is 2.26. The number of benzene rings is 3. The lowest BCUT2D eigenvalue weighted by atomic mass is 10.1. The molecular formula is C24H13Br2Cl2NO5. The van der Waals surface area contributed by atoms with Gasteiger partial charge in [0.25, 0.3) is 0 Å². The van der Waals surface area contributed by atoms with Gasteiger partial charge in [0, 0.05) is 20.6 Å². The van der Waals surface area contributed by atoms with E-state index >= 15 is 0 Å². The normalized spacial score (nSPS) is 14.1. The zero-order valence-electron chi connectivity index (χ0n) is 17.3. The molecule has 0 amide bonds. The molecule has 4 rings (SSSR count). The molecule has 0 aromatic heterocycles. The van der Waals surface area contributed by atoms with Gasteiger partial charge in [-0.15, -0.1) is 0 Å². The fraction of sp³-hybridized carbons (Fsp3) is 0.0417. The van der Waals surface area contributed by atoms with Crippen molar-refractivity contribution in [2.24, 2.45) is 4.99 Å². The van der Waals surface area contributed by atoms with E-state index in [1.165, 1.54) is 31.4 Å². The SMILES string of the molecule is COc1cccc(C2=N/C(=C\c3cc(Br)cc(Br)c3OC(=O)c3ccc(Cl)cc3Cl)C(=O)O2)c1. The molecule has 0 radical (unpaired) electrons. The van der Waals surface area contributed by atoms with E-state index in [0.717, 1.165) is 0 Å². The highest BCUT2D eigenvalue weighted by atomic mass is 79.9. The maximum Gasteiger partial charge on any atom is 0.363 e. The molecule has 0 fully saturated rings. The number of hydrogen-bond acceptors (Lipinski definition) is 6. The topological polar surface area (TPSA) is 74.2 Å². The highest BCUT2D eigenvalue weighted by molar-refractivity contribution is 9.11. The molecule has 34 heavy (non-hydrogen) atoms. The molecule has 1 heterocycles. The summed E-state index contributed by atoms with van der Waals surface area (Å²) in [5.41, 5.74) is 1.15. The van der Waals surface area contributed by atoms with Gasteiger partial charge in [-0.25, -0.2) is 14.6 Å². The van der Waals surface area contributed by atoms with Crippen LogP contribution in [-0.4, -0.2) is 24.9 Å². The fourth-order valence-electron chi connectivity index (χ4n) is 3.03. The van der Waals surface area contributed by atoms with Crippen molar-refractivity contribution in [2.45, 2.75) is 0 Å². The van der Waals surface area contributed by atoms with Crippen LogP contribution in [-0.2, 0) is 9.53 Å². The molecule has 3 aromatic rings. The van der Waals surface area contributed by atoms with Gasteiger partial charge in [0.05, 0.1) is 22.2 Å². The number of carbonyl (C=O) groups is 2. The summed E-state index contributed by atoms with van der Waals surface area (Å²) in [5.74, 6) is -0.439. The van der Waals surface area contributed by atoms with Gasteiger partial charge in [0.2, 0.25) is 5.90 Å². The Bertz CT molecular complexity index is 1390. The number of methoxy groups -OCH3 is 1. The first-order valence-corrected chi connectivity index (χ1v) is 11.9. The highest BCUT2D eigenvalue weighted by Crippen LogP contribution is 2.36. The molecular weight excluding hydrogens is 613 g/mol. The number of esters is 2. The molecule has 0 unspecified atom stereocenters. The number of hydrogen-bond donors (Lipinski definition) is 0. The number of ether oxygens (including phenoxy) is 3. The Morgan fingerprint density at radius 1 is 1.09 bits per heavy atom. The third-order valence-corrected chi connectivity index (χ3v) is 6.21. The van der Waals surface area contributed by atoms with E-state index in [2.05, 4.69) is 36.9 Å². The maximum atomic E-state index is 12.8. The van der Waals surface area contributed by atoms with Gasteiger partial charge in [-0.1, -0.05) is 45.2 Å². The van der Waals surface area contributed by atoms with Gasteiger partial charge in [-0.2, -0.15) is 0 Å². The average molecular weight is 626 g/mol. The van der Waals surface area contributed by atoms with E-state index < -0.39 is 11.9 Å². The zero-order chi connectivity index (χ0) is 24.4. The van der Waals surface area contributed by atoms with Crippen molar-refractivity contribution in [1.29, 1.82) is 0 Å². The van der Waals surface area contributed by atoms with E-state index in [1.54, 1.807) is 36.4 Å². The Morgan fingerprint density at radius 2 is 1.88 bits per heavy atom. The molecule has 1 aliphatic rings. The van der Waals surface area contributed by atoms with Crippen molar-refractivity contribution in [1.82, 2.24) is 0 Å². The van der Waals surface area contributed by atoms with Crippen LogP contribution in [0.4, 0.5) is 0 Å². The van der Waals surface area contributed by atoms with Crippen molar-refractivity contribution in [3.63, 3.8) is 0 Å². The summed E-state index contributed by atoms with van der Waals surface area (Å²) in [6.07, 6.45) is 1.47. The van der Waals surface area contributed by atoms with Gasteiger partial charge < -0.3 is 14.2 Å². The number of cyclic esters (lactones) is 1. The number of carbonyl (C=O) groups excluding carboxylic acids is 2. The molecule has 0 spiro atoms. The van der Waals surface area contributed by atoms with Crippen molar-refractivity contribution < 1.29 is 23.8 Å². The van der Waals surface area contributed by atoms with Gasteiger partial charge in [0.15, 0.2) is 11.4 Å². The standard InChI is InChI=1S/C24H13Br2Cl2NO5/c1-32-16-4-2-3-12(8-16)22-29-20(24(31)34-22)9-13-7-14(25)10-18(26)21(13)33-23(30)17-6-5-15(27)11-19(17)28/h2-11H,1H3/b20-9-. The first kappa shape index (κ1) is 24.5. The van der Waals surface area contributed by atoms with Crippen LogP contribution in [0, 0.1) is 0 Å². The summed E-state index contributed by atoms with van der Waals surface area (Å²) in [7, 11) is 1.54. The summed E-state index contributed by atoms with van der Waals surface area (Å²) < 4.78 is 17.3. The van der Waals surface area contributed by atoms with Crippen molar-refractivity contribution in [3.8, 4) is 11.5 Å². The van der Waals surface area contributed by atoms with Crippen LogP contribution in [0.2, 0.25) is 10.0 Å². The summed E-state index contributed by atoms with van der Waals surface area (Å²) in [5, 5.41) is 0.541. The lowest BCUT2D eigenvalue weighted by Crippen LogP contribution is -2.10. The first-order chi connectivity index (χ1) is 16.2. The third kappa shape index (κ3) is 5.36. The third-order valence-electron chi connectivity index (χ3n) is 4.61. The van der Waals surface area contributed by atoms with Crippen molar-refractivity contribution in [2.75, 3.05) is 7.11 Å². The fourth-order valence-corrected chi connectivity index (χ4v) is 4.86. The summed E-state index contributed by atoms with van der Waals surface area (Å²) >= 11 is 18.9. The van der Waals surface area contributed by atoms with Crippen LogP contribution in [0.25, 0.3) is 6.08 Å². The summed E-state index contributed by atoms with van der Waals surface area (Å²) in [4.78, 5) is 29.6. The second kappa shape index (κ2) is 10.3. The van der Waals surface area contributed by atoms with E-state index in [9.17, 15) is 9.59 Å². The summed E-state index contributed by atoms with van der Waals surface area (Å²) in [6, 6.07) is 14.8. The van der Waals surface area contributed by atoms with E-state index in [1.807, 2.05) is 0 Å². The molecule has 0 saturated heterocycles. The largest absolute Gasteiger partial charge is 0.497 e. The molecule has 172 valence electrons. The van der Waals surface area contributed by atoms with Crippen LogP contribution in [0.5, 0.6) is 11.5 Å². The first-order valence-electron chi connectivity index (χ1n) is 9.58. The number of rotatable bonds is 5. The van der Waals surface area contributed by atoms with Crippen LogP contribution >= 0.6 is 55.1 Å². The minimum absolute atomic E-state index is 0.0321.